The molecule has 0 bridgehead atoms. The number of rotatable bonds is 5. The van der Waals surface area contributed by atoms with Gasteiger partial charge in [-0.05, 0) is 30.5 Å². The summed E-state index contributed by atoms with van der Waals surface area (Å²) in [6, 6.07) is 19.4. The SMILES string of the molecule is CC(C)[C@@H](NC(=O)N[C@H](C)c1cc2ccccc2o1)c1ccccc1. The highest BCUT2D eigenvalue weighted by Gasteiger charge is 2.20. The number of fused-ring (bicyclic) bond motifs is 1. The summed E-state index contributed by atoms with van der Waals surface area (Å²) in [7, 11) is 0. The summed E-state index contributed by atoms with van der Waals surface area (Å²) in [4.78, 5) is 12.5. The highest BCUT2D eigenvalue weighted by Crippen LogP contribution is 2.24. The van der Waals surface area contributed by atoms with Gasteiger partial charge in [-0.25, -0.2) is 4.79 Å². The summed E-state index contributed by atoms with van der Waals surface area (Å²) in [6.45, 7) is 6.12. The summed E-state index contributed by atoms with van der Waals surface area (Å²) in [5.41, 5.74) is 1.93. The Labute approximate surface area is 148 Å². The van der Waals surface area contributed by atoms with Crippen LogP contribution >= 0.6 is 0 Å². The van der Waals surface area contributed by atoms with Gasteiger partial charge in [0.2, 0.25) is 0 Å². The first-order valence-electron chi connectivity index (χ1n) is 8.65. The molecular formula is C21H24N2O2. The minimum Gasteiger partial charge on any atom is -0.459 e. The van der Waals surface area contributed by atoms with E-state index in [-0.39, 0.29) is 24.0 Å². The lowest BCUT2D eigenvalue weighted by atomic mass is 9.96. The molecule has 0 spiro atoms. The van der Waals surface area contributed by atoms with Gasteiger partial charge in [0, 0.05) is 5.39 Å². The van der Waals surface area contributed by atoms with E-state index in [9.17, 15) is 4.79 Å². The van der Waals surface area contributed by atoms with Crippen molar-refractivity contribution >= 4 is 17.0 Å². The van der Waals surface area contributed by atoms with Gasteiger partial charge in [0.15, 0.2) is 0 Å². The minimum atomic E-state index is -0.212. The normalized spacial score (nSPS) is 13.6. The van der Waals surface area contributed by atoms with Crippen LogP contribution in [0.3, 0.4) is 0 Å². The molecule has 2 atom stereocenters. The molecule has 1 aromatic heterocycles. The Hall–Kier alpha value is -2.75. The van der Waals surface area contributed by atoms with Gasteiger partial charge in [-0.15, -0.1) is 0 Å². The number of para-hydroxylation sites is 1. The molecule has 3 rings (SSSR count). The summed E-state index contributed by atoms with van der Waals surface area (Å²) in [5.74, 6) is 1.03. The van der Waals surface area contributed by atoms with Crippen molar-refractivity contribution in [3.05, 3.63) is 72.0 Å². The van der Waals surface area contributed by atoms with Crippen molar-refractivity contribution in [1.82, 2.24) is 10.6 Å². The number of nitrogens with one attached hydrogen (secondary N) is 2. The first-order chi connectivity index (χ1) is 12.0. The Balaban J connectivity index is 1.68. The standard InChI is InChI=1S/C21H24N2O2/c1-14(2)20(16-9-5-4-6-10-16)23-21(24)22-15(3)19-13-17-11-7-8-12-18(17)25-19/h4-15,20H,1-3H3,(H2,22,23,24)/t15-,20-/m1/s1. The Bertz CT molecular complexity index is 806. The molecule has 0 aliphatic carbocycles. The average molecular weight is 336 g/mol. The molecule has 130 valence electrons. The van der Waals surface area contributed by atoms with E-state index in [1.54, 1.807) is 0 Å². The Morgan fingerprint density at radius 1 is 0.920 bits per heavy atom. The van der Waals surface area contributed by atoms with Crippen molar-refractivity contribution in [2.75, 3.05) is 0 Å². The van der Waals surface area contributed by atoms with Crippen LogP contribution in [0.2, 0.25) is 0 Å². The van der Waals surface area contributed by atoms with Gasteiger partial charge in [0.25, 0.3) is 0 Å². The van der Waals surface area contributed by atoms with E-state index in [4.69, 9.17) is 4.42 Å². The zero-order valence-corrected chi connectivity index (χ0v) is 14.8. The van der Waals surface area contributed by atoms with E-state index in [0.717, 1.165) is 22.3 Å². The van der Waals surface area contributed by atoms with Crippen molar-refractivity contribution in [2.45, 2.75) is 32.9 Å². The lowest BCUT2D eigenvalue weighted by Gasteiger charge is -2.24. The fourth-order valence-electron chi connectivity index (χ4n) is 2.96. The van der Waals surface area contributed by atoms with Crippen LogP contribution in [0.4, 0.5) is 4.79 Å². The maximum absolute atomic E-state index is 12.5. The van der Waals surface area contributed by atoms with E-state index in [0.29, 0.717) is 0 Å². The first-order valence-corrected chi connectivity index (χ1v) is 8.65. The Morgan fingerprint density at radius 3 is 2.28 bits per heavy atom. The molecule has 0 fully saturated rings. The Morgan fingerprint density at radius 2 is 1.60 bits per heavy atom. The van der Waals surface area contributed by atoms with Gasteiger partial charge in [-0.1, -0.05) is 62.4 Å². The van der Waals surface area contributed by atoms with Crippen molar-refractivity contribution in [3.8, 4) is 0 Å². The van der Waals surface area contributed by atoms with E-state index in [2.05, 4.69) is 24.5 Å². The topological polar surface area (TPSA) is 54.3 Å². The van der Waals surface area contributed by atoms with Crippen LogP contribution in [0, 0.1) is 5.92 Å². The number of benzene rings is 2. The second kappa shape index (κ2) is 7.43. The molecule has 1 heterocycles. The third-order valence-corrected chi connectivity index (χ3v) is 4.33. The van der Waals surface area contributed by atoms with Crippen LogP contribution in [0.25, 0.3) is 11.0 Å². The highest BCUT2D eigenvalue weighted by atomic mass is 16.3. The number of carbonyl (C=O) groups is 1. The monoisotopic (exact) mass is 336 g/mol. The average Bonchev–Trinajstić information content (AvgIpc) is 3.04. The molecule has 3 aromatic rings. The van der Waals surface area contributed by atoms with Crippen LogP contribution in [0.1, 0.15) is 44.2 Å². The van der Waals surface area contributed by atoms with Gasteiger partial charge in [-0.2, -0.15) is 0 Å². The molecule has 0 aliphatic rings. The van der Waals surface area contributed by atoms with Crippen LogP contribution < -0.4 is 10.6 Å². The lowest BCUT2D eigenvalue weighted by molar-refractivity contribution is 0.228. The quantitative estimate of drug-likeness (QED) is 0.673. The molecule has 0 radical (unpaired) electrons. The number of urea groups is 1. The molecule has 2 aromatic carbocycles. The van der Waals surface area contributed by atoms with Crippen LogP contribution in [-0.2, 0) is 0 Å². The largest absolute Gasteiger partial charge is 0.459 e. The Kier molecular flexibility index (Phi) is 5.08. The molecular weight excluding hydrogens is 312 g/mol. The van der Waals surface area contributed by atoms with E-state index in [1.807, 2.05) is 67.6 Å². The number of carbonyl (C=O) groups excluding carboxylic acids is 1. The maximum Gasteiger partial charge on any atom is 0.315 e. The molecule has 0 unspecified atom stereocenters. The number of hydrogen-bond acceptors (Lipinski definition) is 2. The summed E-state index contributed by atoms with van der Waals surface area (Å²) in [5, 5.41) is 7.08. The molecule has 4 nitrogen and oxygen atoms in total. The molecule has 4 heteroatoms. The van der Waals surface area contributed by atoms with Crippen LogP contribution in [-0.4, -0.2) is 6.03 Å². The molecule has 25 heavy (non-hydrogen) atoms. The zero-order chi connectivity index (χ0) is 17.8. The smallest absolute Gasteiger partial charge is 0.315 e. The van der Waals surface area contributed by atoms with E-state index >= 15 is 0 Å². The lowest BCUT2D eigenvalue weighted by Crippen LogP contribution is -2.40. The van der Waals surface area contributed by atoms with Gasteiger partial charge < -0.3 is 15.1 Å². The van der Waals surface area contributed by atoms with Gasteiger partial charge >= 0.3 is 6.03 Å². The number of hydrogen-bond donors (Lipinski definition) is 2. The van der Waals surface area contributed by atoms with E-state index in [1.165, 1.54) is 0 Å². The molecule has 0 saturated carbocycles. The summed E-state index contributed by atoms with van der Waals surface area (Å²) >= 11 is 0. The molecule has 0 aliphatic heterocycles. The predicted octanol–water partition coefficient (Wildman–Crippen LogP) is 5.19. The van der Waals surface area contributed by atoms with Gasteiger partial charge in [0.05, 0.1) is 12.1 Å². The minimum absolute atomic E-state index is 0.0379. The molecule has 2 amide bonds. The van der Waals surface area contributed by atoms with Crippen molar-refractivity contribution in [2.24, 2.45) is 5.92 Å². The van der Waals surface area contributed by atoms with Crippen molar-refractivity contribution in [3.63, 3.8) is 0 Å². The fraction of sp³-hybridized carbons (Fsp3) is 0.286. The first kappa shape index (κ1) is 17.1. The predicted molar refractivity (Wildman–Crippen MR) is 100 cm³/mol. The molecule has 2 N–H and O–H groups in total. The second-order valence-corrected chi connectivity index (χ2v) is 6.66. The van der Waals surface area contributed by atoms with Crippen LogP contribution in [0.5, 0.6) is 0 Å². The zero-order valence-electron chi connectivity index (χ0n) is 14.8. The van der Waals surface area contributed by atoms with Crippen molar-refractivity contribution in [1.29, 1.82) is 0 Å². The van der Waals surface area contributed by atoms with E-state index < -0.39 is 0 Å². The highest BCUT2D eigenvalue weighted by molar-refractivity contribution is 5.78. The maximum atomic E-state index is 12.5. The summed E-state index contributed by atoms with van der Waals surface area (Å²) in [6.07, 6.45) is 0. The number of amides is 2. The molecule has 0 saturated heterocycles. The third-order valence-electron chi connectivity index (χ3n) is 4.33. The number of furan rings is 1. The summed E-state index contributed by atoms with van der Waals surface area (Å²) < 4.78 is 5.83. The fourth-order valence-corrected chi connectivity index (χ4v) is 2.96. The van der Waals surface area contributed by atoms with Gasteiger partial charge in [-0.3, -0.25) is 0 Å². The van der Waals surface area contributed by atoms with Gasteiger partial charge in [0.1, 0.15) is 11.3 Å². The third kappa shape index (κ3) is 4.02. The second-order valence-electron chi connectivity index (χ2n) is 6.66. The van der Waals surface area contributed by atoms with Crippen LogP contribution in [0.15, 0.2) is 65.1 Å². The van der Waals surface area contributed by atoms with Crippen molar-refractivity contribution < 1.29 is 9.21 Å².